The van der Waals surface area contributed by atoms with E-state index in [0.717, 1.165) is 5.56 Å². The van der Waals surface area contributed by atoms with Crippen molar-refractivity contribution < 1.29 is 27.4 Å². The van der Waals surface area contributed by atoms with Crippen molar-refractivity contribution >= 4 is 15.6 Å². The third-order valence-corrected chi connectivity index (χ3v) is 6.83. The normalized spacial score (nSPS) is 21.0. The zero-order chi connectivity index (χ0) is 22.6. The first-order valence-electron chi connectivity index (χ1n) is 10.0. The van der Waals surface area contributed by atoms with Gasteiger partial charge in [-0.05, 0) is 30.5 Å². The topological polar surface area (TPSA) is 90.9 Å². The highest BCUT2D eigenvalue weighted by Crippen LogP contribution is 2.41. The molecule has 2 aromatic carbocycles. The van der Waals surface area contributed by atoms with Gasteiger partial charge in [0.15, 0.2) is 17.3 Å². The summed E-state index contributed by atoms with van der Waals surface area (Å²) in [4.78, 5) is 13.4. The first-order valence-corrected chi connectivity index (χ1v) is 12.1. The van der Waals surface area contributed by atoms with E-state index in [1.807, 2.05) is 30.3 Å². The molecule has 0 aromatic heterocycles. The number of rotatable bonds is 9. The van der Waals surface area contributed by atoms with Crippen LogP contribution in [0.3, 0.4) is 0 Å². The summed E-state index contributed by atoms with van der Waals surface area (Å²) in [6.45, 7) is 0.521. The molecule has 168 valence electrons. The number of hydrogen-bond acceptors (Lipinski definition) is 7. The van der Waals surface area contributed by atoms with Gasteiger partial charge in [0, 0.05) is 23.8 Å². The Morgan fingerprint density at radius 3 is 2.19 bits per heavy atom. The lowest BCUT2D eigenvalue weighted by Gasteiger charge is -2.29. The lowest BCUT2D eigenvalue weighted by atomic mass is 9.75. The van der Waals surface area contributed by atoms with Gasteiger partial charge in [-0.1, -0.05) is 30.3 Å². The van der Waals surface area contributed by atoms with Crippen LogP contribution in [0.25, 0.3) is 0 Å². The monoisotopic (exact) mass is 447 g/mol. The van der Waals surface area contributed by atoms with Crippen molar-refractivity contribution in [1.82, 2.24) is 5.32 Å². The van der Waals surface area contributed by atoms with Crippen LogP contribution in [0, 0.1) is 0 Å². The maximum absolute atomic E-state index is 13.4. The lowest BCUT2D eigenvalue weighted by molar-refractivity contribution is 0.0948. The molecule has 2 unspecified atom stereocenters. The van der Waals surface area contributed by atoms with E-state index in [2.05, 4.69) is 5.32 Å². The number of sulfone groups is 1. The Balaban J connectivity index is 1.92. The van der Waals surface area contributed by atoms with E-state index in [1.54, 1.807) is 12.1 Å². The Bertz CT molecular complexity index is 1010. The second kappa shape index (κ2) is 9.28. The van der Waals surface area contributed by atoms with Crippen LogP contribution in [0.4, 0.5) is 0 Å². The lowest BCUT2D eigenvalue weighted by Crippen LogP contribution is -2.31. The molecule has 1 heterocycles. The number of ether oxygens (including phenoxy) is 3. The molecule has 0 amide bonds. The van der Waals surface area contributed by atoms with Crippen molar-refractivity contribution in [3.05, 3.63) is 53.6 Å². The number of benzene rings is 2. The molecule has 2 aromatic rings. The summed E-state index contributed by atoms with van der Waals surface area (Å²) in [5.41, 5.74) is 1.04. The maximum atomic E-state index is 13.4. The molecule has 0 bridgehead atoms. The molecule has 8 heteroatoms. The minimum atomic E-state index is -3.13. The minimum absolute atomic E-state index is 0.0642. The molecule has 1 aliphatic heterocycles. The highest BCUT2D eigenvalue weighted by Gasteiger charge is 2.43. The van der Waals surface area contributed by atoms with Crippen LogP contribution in [0.15, 0.2) is 42.5 Å². The van der Waals surface area contributed by atoms with Crippen LogP contribution in [0.5, 0.6) is 17.2 Å². The highest BCUT2D eigenvalue weighted by atomic mass is 32.2. The van der Waals surface area contributed by atoms with E-state index in [1.165, 1.54) is 27.6 Å². The van der Waals surface area contributed by atoms with Crippen molar-refractivity contribution in [2.45, 2.75) is 24.3 Å². The molecular formula is C23H29NO6S. The standard InChI is InChI=1S/C23H29NO6S/c1-28-19-12-16(13-20(29-2)22(19)30-3)21(25)18-14-23(15-24-18,10-11-31(4,26)27)17-8-6-5-7-9-17/h5-9,12-13,18,24H,10-11,14-15H2,1-4H3. The number of nitrogens with one attached hydrogen (secondary N) is 1. The molecule has 1 fully saturated rings. The van der Waals surface area contributed by atoms with E-state index in [9.17, 15) is 13.2 Å². The second-order valence-electron chi connectivity index (χ2n) is 7.94. The molecule has 31 heavy (non-hydrogen) atoms. The van der Waals surface area contributed by atoms with Gasteiger partial charge in [-0.15, -0.1) is 0 Å². The third-order valence-electron chi connectivity index (χ3n) is 5.89. The molecular weight excluding hydrogens is 418 g/mol. The van der Waals surface area contributed by atoms with Gasteiger partial charge in [-0.3, -0.25) is 4.79 Å². The summed E-state index contributed by atoms with van der Waals surface area (Å²) in [7, 11) is 1.39. The Hall–Kier alpha value is -2.58. The fraction of sp³-hybridized carbons (Fsp3) is 0.435. The first-order chi connectivity index (χ1) is 14.7. The van der Waals surface area contributed by atoms with Crippen molar-refractivity contribution in [3.8, 4) is 17.2 Å². The van der Waals surface area contributed by atoms with Gasteiger partial charge in [-0.2, -0.15) is 0 Å². The molecule has 0 saturated carbocycles. The zero-order valence-electron chi connectivity index (χ0n) is 18.3. The summed E-state index contributed by atoms with van der Waals surface area (Å²) in [6, 6.07) is 12.6. The Morgan fingerprint density at radius 1 is 1.06 bits per heavy atom. The number of Topliss-reactive ketones (excluding diaryl/α,β-unsaturated/α-hetero) is 1. The number of carbonyl (C=O) groups is 1. The van der Waals surface area contributed by atoms with E-state index < -0.39 is 21.3 Å². The molecule has 3 rings (SSSR count). The Labute approximate surface area is 183 Å². The van der Waals surface area contributed by atoms with Crippen LogP contribution in [-0.4, -0.2) is 60.1 Å². The Kier molecular flexibility index (Phi) is 6.91. The second-order valence-corrected chi connectivity index (χ2v) is 10.2. The number of ketones is 1. The summed E-state index contributed by atoms with van der Waals surface area (Å²) >= 11 is 0. The van der Waals surface area contributed by atoms with Crippen LogP contribution < -0.4 is 19.5 Å². The number of hydrogen-bond donors (Lipinski definition) is 1. The smallest absolute Gasteiger partial charge is 0.203 e. The van der Waals surface area contributed by atoms with Gasteiger partial charge >= 0.3 is 0 Å². The van der Waals surface area contributed by atoms with E-state index in [4.69, 9.17) is 14.2 Å². The van der Waals surface area contributed by atoms with Gasteiger partial charge in [0.05, 0.1) is 33.1 Å². The van der Waals surface area contributed by atoms with Crippen LogP contribution >= 0.6 is 0 Å². The average Bonchev–Trinajstić information content (AvgIpc) is 3.22. The first kappa shape index (κ1) is 23.1. The molecule has 1 saturated heterocycles. The van der Waals surface area contributed by atoms with Crippen LogP contribution in [-0.2, 0) is 15.3 Å². The number of methoxy groups -OCH3 is 3. The van der Waals surface area contributed by atoms with Gasteiger partial charge in [0.25, 0.3) is 0 Å². The van der Waals surface area contributed by atoms with Gasteiger partial charge in [0.1, 0.15) is 9.84 Å². The van der Waals surface area contributed by atoms with Gasteiger partial charge in [-0.25, -0.2) is 8.42 Å². The minimum Gasteiger partial charge on any atom is -0.493 e. The zero-order valence-corrected chi connectivity index (χ0v) is 19.1. The summed E-state index contributed by atoms with van der Waals surface area (Å²) < 4.78 is 39.8. The highest BCUT2D eigenvalue weighted by molar-refractivity contribution is 7.90. The average molecular weight is 448 g/mol. The predicted octanol–water partition coefficient (Wildman–Crippen LogP) is 2.63. The van der Waals surface area contributed by atoms with E-state index in [-0.39, 0.29) is 11.5 Å². The molecule has 0 radical (unpaired) electrons. The fourth-order valence-electron chi connectivity index (χ4n) is 4.19. The summed E-state index contributed by atoms with van der Waals surface area (Å²) in [5, 5.41) is 3.33. The molecule has 7 nitrogen and oxygen atoms in total. The summed E-state index contributed by atoms with van der Waals surface area (Å²) in [6.07, 6.45) is 2.19. The molecule has 0 aliphatic carbocycles. The van der Waals surface area contributed by atoms with Crippen molar-refractivity contribution in [3.63, 3.8) is 0 Å². The van der Waals surface area contributed by atoms with E-state index in [0.29, 0.717) is 42.2 Å². The van der Waals surface area contributed by atoms with Crippen molar-refractivity contribution in [1.29, 1.82) is 0 Å². The molecule has 1 aliphatic rings. The predicted molar refractivity (Wildman–Crippen MR) is 119 cm³/mol. The SMILES string of the molecule is COc1cc(C(=O)C2CC(CCS(C)(=O)=O)(c3ccccc3)CN2)cc(OC)c1OC. The van der Waals surface area contributed by atoms with Gasteiger partial charge < -0.3 is 19.5 Å². The maximum Gasteiger partial charge on any atom is 0.203 e. The Morgan fingerprint density at radius 2 is 1.68 bits per heavy atom. The van der Waals surface area contributed by atoms with Crippen molar-refractivity contribution in [2.24, 2.45) is 0 Å². The quantitative estimate of drug-likeness (QED) is 0.591. The van der Waals surface area contributed by atoms with Gasteiger partial charge in [0.2, 0.25) is 5.75 Å². The molecule has 0 spiro atoms. The molecule has 2 atom stereocenters. The van der Waals surface area contributed by atoms with E-state index >= 15 is 0 Å². The third kappa shape index (κ3) is 5.02. The summed E-state index contributed by atoms with van der Waals surface area (Å²) in [5.74, 6) is 1.21. The molecule has 1 N–H and O–H groups in total. The fourth-order valence-corrected chi connectivity index (χ4v) is 4.95. The van der Waals surface area contributed by atoms with Crippen molar-refractivity contribution in [2.75, 3.05) is 39.9 Å². The number of carbonyl (C=O) groups excluding carboxylic acids is 1. The van der Waals surface area contributed by atoms with Crippen LogP contribution in [0.2, 0.25) is 0 Å². The van der Waals surface area contributed by atoms with Crippen LogP contribution in [0.1, 0.15) is 28.8 Å². The largest absolute Gasteiger partial charge is 0.493 e.